The number of phosphoric ester groups is 1. The van der Waals surface area contributed by atoms with E-state index in [0.717, 1.165) is 0 Å². The third-order valence-corrected chi connectivity index (χ3v) is 3.80. The Bertz CT molecular complexity index is 834. The van der Waals surface area contributed by atoms with Gasteiger partial charge in [0.15, 0.2) is 12.0 Å². The lowest BCUT2D eigenvalue weighted by Crippen LogP contribution is -2.36. The number of aromatic nitrogens is 3. The molecular formula is C14H17N4O7P. The first-order chi connectivity index (χ1) is 12.2. The summed E-state index contributed by atoms with van der Waals surface area (Å²) in [6.45, 7) is 0.917. The third-order valence-electron chi connectivity index (χ3n) is 3.34. The van der Waals surface area contributed by atoms with Crippen molar-refractivity contribution in [3.63, 3.8) is 0 Å². The van der Waals surface area contributed by atoms with Gasteiger partial charge in [0.2, 0.25) is 0 Å². The van der Waals surface area contributed by atoms with E-state index in [1.54, 1.807) is 0 Å². The quantitative estimate of drug-likeness (QED) is 0.275. The Hall–Kier alpha value is -2.43. The van der Waals surface area contributed by atoms with Crippen molar-refractivity contribution in [2.75, 3.05) is 0 Å². The van der Waals surface area contributed by atoms with Crippen molar-refractivity contribution in [2.45, 2.75) is 26.0 Å². The summed E-state index contributed by atoms with van der Waals surface area (Å²) in [6, 6.07) is -1.02. The molecule has 2 aromatic heterocycles. The number of hydrogen-bond acceptors (Lipinski definition) is 8. The highest BCUT2D eigenvalue weighted by molar-refractivity contribution is 7.46. The van der Waals surface area contributed by atoms with Gasteiger partial charge in [-0.1, -0.05) is 0 Å². The van der Waals surface area contributed by atoms with Crippen LogP contribution in [0.4, 0.5) is 0 Å². The summed E-state index contributed by atoms with van der Waals surface area (Å²) >= 11 is 0. The minimum atomic E-state index is -4.75. The Morgan fingerprint density at radius 3 is 2.77 bits per heavy atom. The summed E-state index contributed by atoms with van der Waals surface area (Å²) in [7, 11) is -4.75. The molecule has 0 unspecified atom stereocenters. The lowest BCUT2D eigenvalue weighted by Gasteiger charge is -2.15. The normalized spacial score (nSPS) is 12.6. The number of pyridine rings is 1. The van der Waals surface area contributed by atoms with E-state index in [0.29, 0.717) is 12.0 Å². The second-order valence-corrected chi connectivity index (χ2v) is 6.54. The maximum atomic E-state index is 12.2. The highest BCUT2D eigenvalue weighted by Gasteiger charge is 2.23. The summed E-state index contributed by atoms with van der Waals surface area (Å²) in [5.74, 6) is -0.947. The lowest BCUT2D eigenvalue weighted by atomic mass is 10.1. The van der Waals surface area contributed by atoms with E-state index >= 15 is 0 Å². The fraction of sp³-hybridized carbons (Fsp3) is 0.286. The molecule has 2 heterocycles. The van der Waals surface area contributed by atoms with E-state index < -0.39 is 26.4 Å². The van der Waals surface area contributed by atoms with Gasteiger partial charge in [-0.15, -0.1) is 0 Å². The third kappa shape index (κ3) is 5.28. The number of rotatable bonds is 8. The lowest BCUT2D eigenvalue weighted by molar-refractivity contribution is -0.135. The smallest absolute Gasteiger partial charge is 0.423 e. The van der Waals surface area contributed by atoms with Gasteiger partial charge in [0, 0.05) is 30.1 Å². The maximum absolute atomic E-state index is 12.2. The number of nitrogens with zero attached hydrogens (tertiary/aromatic N) is 2. The molecule has 5 N–H and O–H groups in total. The molecule has 0 aliphatic carbocycles. The number of aldehydes is 1. The molecule has 0 aliphatic rings. The van der Waals surface area contributed by atoms with Crippen LogP contribution in [-0.4, -0.2) is 43.0 Å². The van der Waals surface area contributed by atoms with Gasteiger partial charge >= 0.3 is 13.8 Å². The van der Waals surface area contributed by atoms with Crippen LogP contribution in [0.15, 0.2) is 18.7 Å². The summed E-state index contributed by atoms with van der Waals surface area (Å²) in [5, 5.41) is 0. The number of esters is 1. The van der Waals surface area contributed by atoms with E-state index in [-0.39, 0.29) is 29.0 Å². The Labute approximate surface area is 147 Å². The van der Waals surface area contributed by atoms with Gasteiger partial charge in [0.05, 0.1) is 24.2 Å². The largest absolute Gasteiger partial charge is 0.469 e. The van der Waals surface area contributed by atoms with Crippen molar-refractivity contribution < 1.29 is 33.2 Å². The summed E-state index contributed by atoms with van der Waals surface area (Å²) in [4.78, 5) is 51.7. The van der Waals surface area contributed by atoms with Crippen LogP contribution in [0.1, 0.15) is 27.3 Å². The molecule has 0 saturated heterocycles. The van der Waals surface area contributed by atoms with Gasteiger partial charge in [-0.05, 0) is 6.92 Å². The number of imidazole rings is 1. The number of nitrogens with two attached hydrogens (primary N) is 1. The molecule has 0 saturated carbocycles. The fourth-order valence-electron chi connectivity index (χ4n) is 2.06. The number of carbonyl (C=O) groups is 2. The average molecular weight is 384 g/mol. The van der Waals surface area contributed by atoms with Gasteiger partial charge in [0.1, 0.15) is 6.04 Å². The second kappa shape index (κ2) is 8.30. The first kappa shape index (κ1) is 19.9. The second-order valence-electron chi connectivity index (χ2n) is 5.30. The molecule has 2 aromatic rings. The number of H-pyrrole nitrogens is 1. The molecule has 0 amide bonds. The Morgan fingerprint density at radius 2 is 2.19 bits per heavy atom. The molecule has 2 rings (SSSR count). The molecule has 0 aromatic carbocycles. The van der Waals surface area contributed by atoms with E-state index in [1.165, 1.54) is 25.6 Å². The van der Waals surface area contributed by atoms with Crippen LogP contribution in [-0.2, 0) is 26.9 Å². The molecule has 26 heavy (non-hydrogen) atoms. The number of phosphoric acid groups is 1. The van der Waals surface area contributed by atoms with Crippen LogP contribution >= 0.6 is 7.82 Å². The minimum Gasteiger partial charge on any atom is -0.423 e. The van der Waals surface area contributed by atoms with Crippen LogP contribution in [0.5, 0.6) is 5.75 Å². The van der Waals surface area contributed by atoms with Crippen LogP contribution in [0.25, 0.3) is 0 Å². The SMILES string of the molecule is Cc1ncc(COP(=O)(O)O)c(C=O)c1OC(=O)[C@@H](N)Cc1cnc[nH]1. The molecular weight excluding hydrogens is 367 g/mol. The van der Waals surface area contributed by atoms with Crippen molar-refractivity contribution >= 4 is 20.1 Å². The Kier molecular flexibility index (Phi) is 6.35. The zero-order chi connectivity index (χ0) is 19.3. The number of carbonyl (C=O) groups excluding carboxylic acids is 2. The fourth-order valence-corrected chi connectivity index (χ4v) is 2.37. The first-order valence-corrected chi connectivity index (χ1v) is 8.82. The minimum absolute atomic E-state index is 0.0545. The molecule has 1 atom stereocenters. The van der Waals surface area contributed by atoms with Crippen molar-refractivity contribution in [3.8, 4) is 5.75 Å². The number of aryl methyl sites for hydroxylation is 1. The van der Waals surface area contributed by atoms with Gasteiger partial charge < -0.3 is 25.2 Å². The van der Waals surface area contributed by atoms with Gasteiger partial charge in [-0.2, -0.15) is 0 Å². The molecule has 140 valence electrons. The Morgan fingerprint density at radius 1 is 1.46 bits per heavy atom. The predicted octanol–water partition coefficient (Wildman–Crippen LogP) is 0.0103. The molecule has 0 aliphatic heterocycles. The molecule has 0 bridgehead atoms. The number of aromatic amines is 1. The number of hydrogen-bond donors (Lipinski definition) is 4. The molecule has 12 heteroatoms. The Balaban J connectivity index is 2.20. The standard InChI is InChI=1S/C14H17N4O7P/c1-8-13(25-14(20)12(15)2-10-4-16-7-18-10)11(5-19)9(3-17-8)6-24-26(21,22)23/h3-5,7,12H,2,6,15H2,1H3,(H,16,18)(H2,21,22,23)/t12-/m0/s1. The highest BCUT2D eigenvalue weighted by atomic mass is 31.2. The van der Waals surface area contributed by atoms with Crippen molar-refractivity contribution in [3.05, 3.63) is 41.2 Å². The van der Waals surface area contributed by atoms with E-state index in [1.807, 2.05) is 0 Å². The van der Waals surface area contributed by atoms with E-state index in [4.69, 9.17) is 20.3 Å². The summed E-state index contributed by atoms with van der Waals surface area (Å²) in [5.41, 5.74) is 6.60. The maximum Gasteiger partial charge on any atom is 0.469 e. The number of nitrogens with one attached hydrogen (secondary N) is 1. The van der Waals surface area contributed by atoms with E-state index in [9.17, 15) is 14.2 Å². The van der Waals surface area contributed by atoms with Crippen molar-refractivity contribution in [1.29, 1.82) is 0 Å². The highest BCUT2D eigenvalue weighted by Crippen LogP contribution is 2.37. The van der Waals surface area contributed by atoms with Gasteiger partial charge in [-0.3, -0.25) is 14.3 Å². The van der Waals surface area contributed by atoms with Gasteiger partial charge in [-0.25, -0.2) is 14.3 Å². The monoisotopic (exact) mass is 384 g/mol. The predicted molar refractivity (Wildman–Crippen MR) is 87.1 cm³/mol. The van der Waals surface area contributed by atoms with Crippen LogP contribution < -0.4 is 10.5 Å². The molecule has 0 radical (unpaired) electrons. The van der Waals surface area contributed by atoms with E-state index in [2.05, 4.69) is 19.5 Å². The van der Waals surface area contributed by atoms with Crippen LogP contribution in [0.3, 0.4) is 0 Å². The first-order valence-electron chi connectivity index (χ1n) is 7.29. The van der Waals surface area contributed by atoms with Crippen LogP contribution in [0, 0.1) is 6.92 Å². The molecule has 0 spiro atoms. The molecule has 11 nitrogen and oxygen atoms in total. The topological polar surface area (TPSA) is 178 Å². The zero-order valence-electron chi connectivity index (χ0n) is 13.7. The summed E-state index contributed by atoms with van der Waals surface area (Å²) < 4.78 is 20.4. The molecule has 0 fully saturated rings. The van der Waals surface area contributed by atoms with Gasteiger partial charge in [0.25, 0.3) is 0 Å². The zero-order valence-corrected chi connectivity index (χ0v) is 14.6. The number of ether oxygens (including phenoxy) is 1. The van der Waals surface area contributed by atoms with Crippen LogP contribution in [0.2, 0.25) is 0 Å². The van der Waals surface area contributed by atoms with Crippen molar-refractivity contribution in [1.82, 2.24) is 15.0 Å². The average Bonchev–Trinajstić information content (AvgIpc) is 3.07. The summed E-state index contributed by atoms with van der Waals surface area (Å²) in [6.07, 6.45) is 4.68. The van der Waals surface area contributed by atoms with Crippen molar-refractivity contribution in [2.24, 2.45) is 5.73 Å².